The van der Waals surface area contributed by atoms with E-state index in [-0.39, 0.29) is 12.5 Å². The fourth-order valence-corrected chi connectivity index (χ4v) is 3.69. The van der Waals surface area contributed by atoms with Crippen LogP contribution >= 0.6 is 0 Å². The minimum Gasteiger partial charge on any atom is -0.452 e. The minimum atomic E-state index is -0.512. The Balaban J connectivity index is 1.60. The molecule has 31 heavy (non-hydrogen) atoms. The van der Waals surface area contributed by atoms with Gasteiger partial charge in [0.25, 0.3) is 5.91 Å². The van der Waals surface area contributed by atoms with E-state index in [0.29, 0.717) is 11.3 Å². The second-order valence-corrected chi connectivity index (χ2v) is 7.30. The first-order chi connectivity index (χ1) is 14.9. The number of aryl methyl sites for hydroxylation is 1. The van der Waals surface area contributed by atoms with E-state index in [1.54, 1.807) is 6.07 Å². The summed E-state index contributed by atoms with van der Waals surface area (Å²) < 4.78 is 7.27. The number of hydrogen-bond acceptors (Lipinski definition) is 4. The molecule has 1 aromatic heterocycles. The largest absolute Gasteiger partial charge is 0.452 e. The van der Waals surface area contributed by atoms with E-state index in [9.17, 15) is 9.59 Å². The molecule has 0 radical (unpaired) electrons. The predicted molar refractivity (Wildman–Crippen MR) is 124 cm³/mol. The summed E-state index contributed by atoms with van der Waals surface area (Å²) in [4.78, 5) is 27.1. The first kappa shape index (κ1) is 22.2. The third kappa shape index (κ3) is 5.15. The van der Waals surface area contributed by atoms with Crippen molar-refractivity contribution in [2.45, 2.75) is 27.7 Å². The molecule has 0 saturated heterocycles. The van der Waals surface area contributed by atoms with Crippen LogP contribution in [0.15, 0.2) is 60.7 Å². The molecule has 0 saturated carbocycles. The third-order valence-corrected chi connectivity index (χ3v) is 5.28. The first-order valence-corrected chi connectivity index (χ1v) is 10.5. The van der Waals surface area contributed by atoms with Crippen LogP contribution in [0.3, 0.4) is 0 Å². The monoisotopic (exact) mass is 419 g/mol. The van der Waals surface area contributed by atoms with Gasteiger partial charge in [-0.2, -0.15) is 0 Å². The molecule has 0 unspecified atom stereocenters. The van der Waals surface area contributed by atoms with Gasteiger partial charge in [0.05, 0.1) is 5.56 Å². The number of esters is 1. The molecule has 0 aliphatic heterocycles. The SMILES string of the molecule is CCN(CC)c1ccc(NC(=O)COC(=O)c2cc(C)n(-c3ccccc3)c2C)cc1. The molecular formula is C25H29N3O3. The topological polar surface area (TPSA) is 63.6 Å². The van der Waals surface area contributed by atoms with Gasteiger partial charge in [-0.1, -0.05) is 18.2 Å². The number of ether oxygens (including phenoxy) is 1. The summed E-state index contributed by atoms with van der Waals surface area (Å²) in [5.74, 6) is -0.886. The van der Waals surface area contributed by atoms with Gasteiger partial charge in [0.1, 0.15) is 0 Å². The summed E-state index contributed by atoms with van der Waals surface area (Å²) in [5.41, 5.74) is 4.90. The Bertz CT molecular complexity index is 1040. The van der Waals surface area contributed by atoms with Gasteiger partial charge in [-0.15, -0.1) is 0 Å². The molecule has 3 aromatic rings. The van der Waals surface area contributed by atoms with Crippen molar-refractivity contribution in [1.82, 2.24) is 4.57 Å². The van der Waals surface area contributed by atoms with Crippen molar-refractivity contribution in [3.63, 3.8) is 0 Å². The molecule has 1 N–H and O–H groups in total. The highest BCUT2D eigenvalue weighted by Crippen LogP contribution is 2.21. The van der Waals surface area contributed by atoms with Gasteiger partial charge in [-0.25, -0.2) is 4.79 Å². The molecule has 0 aliphatic carbocycles. The van der Waals surface area contributed by atoms with Crippen molar-refractivity contribution in [2.24, 2.45) is 0 Å². The number of nitrogens with one attached hydrogen (secondary N) is 1. The van der Waals surface area contributed by atoms with Crippen LogP contribution in [0.1, 0.15) is 35.6 Å². The Morgan fingerprint density at radius 1 is 0.968 bits per heavy atom. The molecule has 0 fully saturated rings. The lowest BCUT2D eigenvalue weighted by atomic mass is 10.2. The number of anilines is 2. The van der Waals surface area contributed by atoms with Gasteiger partial charge in [0, 0.05) is 41.5 Å². The molecule has 6 heteroatoms. The Labute approximate surface area is 183 Å². The lowest BCUT2D eigenvalue weighted by molar-refractivity contribution is -0.119. The second-order valence-electron chi connectivity index (χ2n) is 7.30. The van der Waals surface area contributed by atoms with Crippen LogP contribution in [0.4, 0.5) is 11.4 Å². The number of hydrogen-bond donors (Lipinski definition) is 1. The highest BCUT2D eigenvalue weighted by Gasteiger charge is 2.19. The van der Waals surface area contributed by atoms with Crippen LogP contribution in [0.5, 0.6) is 0 Å². The Kier molecular flexibility index (Phi) is 7.13. The Morgan fingerprint density at radius 2 is 1.61 bits per heavy atom. The molecule has 162 valence electrons. The summed E-state index contributed by atoms with van der Waals surface area (Å²) in [6, 6.07) is 19.2. The molecule has 1 heterocycles. The lowest BCUT2D eigenvalue weighted by Gasteiger charge is -2.21. The lowest BCUT2D eigenvalue weighted by Crippen LogP contribution is -2.22. The number of aromatic nitrogens is 1. The zero-order valence-electron chi connectivity index (χ0n) is 18.5. The highest BCUT2D eigenvalue weighted by atomic mass is 16.5. The first-order valence-electron chi connectivity index (χ1n) is 10.5. The number of para-hydroxylation sites is 1. The van der Waals surface area contributed by atoms with Gasteiger partial charge < -0.3 is 19.5 Å². The summed E-state index contributed by atoms with van der Waals surface area (Å²) in [6.07, 6.45) is 0. The molecule has 0 bridgehead atoms. The van der Waals surface area contributed by atoms with E-state index in [4.69, 9.17) is 4.74 Å². The molecule has 1 amide bonds. The Hall–Kier alpha value is -3.54. The number of amides is 1. The molecule has 0 atom stereocenters. The number of rotatable bonds is 8. The fraction of sp³-hybridized carbons (Fsp3) is 0.280. The van der Waals surface area contributed by atoms with Crippen molar-refractivity contribution >= 4 is 23.3 Å². The summed E-state index contributed by atoms with van der Waals surface area (Å²) in [7, 11) is 0. The van der Waals surface area contributed by atoms with Gasteiger partial charge in [0.2, 0.25) is 0 Å². The van der Waals surface area contributed by atoms with Gasteiger partial charge >= 0.3 is 5.97 Å². The normalized spacial score (nSPS) is 10.6. The predicted octanol–water partition coefficient (Wildman–Crippen LogP) is 4.74. The summed E-state index contributed by atoms with van der Waals surface area (Å²) in [6.45, 7) is 9.51. The van der Waals surface area contributed by atoms with Crippen LogP contribution in [0.25, 0.3) is 5.69 Å². The molecule has 0 spiro atoms. The van der Waals surface area contributed by atoms with Gasteiger partial charge in [-0.3, -0.25) is 4.79 Å². The van der Waals surface area contributed by atoms with Crippen LogP contribution in [-0.2, 0) is 9.53 Å². The average Bonchev–Trinajstić information content (AvgIpc) is 3.08. The Morgan fingerprint density at radius 3 is 2.23 bits per heavy atom. The number of benzene rings is 2. The average molecular weight is 420 g/mol. The standard InChI is InChI=1S/C25H29N3O3/c1-5-27(6-2)21-14-12-20(13-15-21)26-24(29)17-31-25(30)23-16-18(3)28(19(23)4)22-10-8-7-9-11-22/h7-16H,5-6,17H2,1-4H3,(H,26,29). The van der Waals surface area contributed by atoms with Gasteiger partial charge in [-0.05, 0) is 70.2 Å². The smallest absolute Gasteiger partial charge is 0.340 e. The summed E-state index contributed by atoms with van der Waals surface area (Å²) >= 11 is 0. The van der Waals surface area contributed by atoms with Crippen molar-refractivity contribution < 1.29 is 14.3 Å². The summed E-state index contributed by atoms with van der Waals surface area (Å²) in [5, 5.41) is 2.77. The number of nitrogens with zero attached hydrogens (tertiary/aromatic N) is 2. The van der Waals surface area contributed by atoms with Gasteiger partial charge in [0.15, 0.2) is 6.61 Å². The zero-order valence-corrected chi connectivity index (χ0v) is 18.5. The van der Waals surface area contributed by atoms with Crippen molar-refractivity contribution in [1.29, 1.82) is 0 Å². The number of carbonyl (C=O) groups excluding carboxylic acids is 2. The quantitative estimate of drug-likeness (QED) is 0.536. The second kappa shape index (κ2) is 9.98. The fourth-order valence-electron chi connectivity index (χ4n) is 3.69. The van der Waals surface area contributed by atoms with E-state index in [1.165, 1.54) is 0 Å². The molecule has 2 aromatic carbocycles. The number of carbonyl (C=O) groups is 2. The van der Waals surface area contributed by atoms with E-state index >= 15 is 0 Å². The van der Waals surface area contributed by atoms with Crippen LogP contribution in [0, 0.1) is 13.8 Å². The van der Waals surface area contributed by atoms with Crippen LogP contribution in [-0.4, -0.2) is 36.1 Å². The van der Waals surface area contributed by atoms with E-state index < -0.39 is 5.97 Å². The minimum absolute atomic E-state index is 0.342. The maximum atomic E-state index is 12.6. The molecule has 6 nitrogen and oxygen atoms in total. The van der Waals surface area contributed by atoms with E-state index in [1.807, 2.05) is 73.0 Å². The van der Waals surface area contributed by atoms with Crippen LogP contribution < -0.4 is 10.2 Å². The molecule has 0 aliphatic rings. The molecular weight excluding hydrogens is 390 g/mol. The maximum Gasteiger partial charge on any atom is 0.340 e. The van der Waals surface area contributed by atoms with Crippen molar-refractivity contribution in [2.75, 3.05) is 29.9 Å². The zero-order chi connectivity index (χ0) is 22.4. The van der Waals surface area contributed by atoms with E-state index in [0.717, 1.165) is 35.9 Å². The van der Waals surface area contributed by atoms with Crippen LogP contribution in [0.2, 0.25) is 0 Å². The highest BCUT2D eigenvalue weighted by molar-refractivity contribution is 5.96. The third-order valence-electron chi connectivity index (χ3n) is 5.28. The van der Waals surface area contributed by atoms with Crippen molar-refractivity contribution in [3.8, 4) is 5.69 Å². The maximum absolute atomic E-state index is 12.6. The molecule has 3 rings (SSSR count). The van der Waals surface area contributed by atoms with Crippen molar-refractivity contribution in [3.05, 3.63) is 77.6 Å². The van der Waals surface area contributed by atoms with E-state index in [2.05, 4.69) is 24.1 Å².